The lowest BCUT2D eigenvalue weighted by Crippen LogP contribution is -2.21. The number of benzene rings is 3. The largest absolute Gasteiger partial charge is 0.497 e. The third kappa shape index (κ3) is 6.62. The fourth-order valence-corrected chi connectivity index (χ4v) is 3.01. The Morgan fingerprint density at radius 2 is 1.66 bits per heavy atom. The summed E-state index contributed by atoms with van der Waals surface area (Å²) in [5, 5.41) is 6.23. The van der Waals surface area contributed by atoms with Gasteiger partial charge in [-0.3, -0.25) is 4.79 Å². The van der Waals surface area contributed by atoms with E-state index < -0.39 is 0 Å². The number of ether oxygens (including phenoxy) is 2. The molecule has 0 unspecified atom stereocenters. The van der Waals surface area contributed by atoms with Crippen LogP contribution in [0.4, 0.5) is 5.69 Å². The molecule has 0 spiro atoms. The number of amides is 1. The molecule has 0 bridgehead atoms. The molecule has 1 amide bonds. The first kappa shape index (κ1) is 20.9. The summed E-state index contributed by atoms with van der Waals surface area (Å²) in [7, 11) is 1.66. The van der Waals surface area contributed by atoms with Crippen molar-refractivity contribution in [2.45, 2.75) is 13.1 Å². The number of rotatable bonds is 9. The van der Waals surface area contributed by atoms with E-state index in [0.717, 1.165) is 33.6 Å². The van der Waals surface area contributed by atoms with Crippen molar-refractivity contribution in [3.05, 3.63) is 88.4 Å². The molecule has 150 valence electrons. The zero-order valence-electron chi connectivity index (χ0n) is 16.2. The number of carbonyl (C=O) groups is 1. The maximum atomic E-state index is 12.2. The van der Waals surface area contributed by atoms with Crippen molar-refractivity contribution in [1.29, 1.82) is 0 Å². The average molecular weight is 455 g/mol. The molecule has 6 heteroatoms. The van der Waals surface area contributed by atoms with E-state index >= 15 is 0 Å². The predicted molar refractivity (Wildman–Crippen MR) is 118 cm³/mol. The molecule has 3 aromatic rings. The Bertz CT molecular complexity index is 928. The summed E-state index contributed by atoms with van der Waals surface area (Å²) in [6.07, 6.45) is 0. The normalized spacial score (nSPS) is 10.4. The Hall–Kier alpha value is -2.83. The maximum Gasteiger partial charge on any atom is 0.262 e. The van der Waals surface area contributed by atoms with Gasteiger partial charge in [-0.15, -0.1) is 0 Å². The first-order chi connectivity index (χ1) is 14.1. The van der Waals surface area contributed by atoms with E-state index in [9.17, 15) is 4.79 Å². The van der Waals surface area contributed by atoms with Gasteiger partial charge in [0.05, 0.1) is 7.11 Å². The van der Waals surface area contributed by atoms with Crippen molar-refractivity contribution in [1.82, 2.24) is 5.32 Å². The van der Waals surface area contributed by atoms with Gasteiger partial charge in [0.25, 0.3) is 5.91 Å². The van der Waals surface area contributed by atoms with Crippen LogP contribution in [-0.4, -0.2) is 19.6 Å². The van der Waals surface area contributed by atoms with Gasteiger partial charge in [-0.25, -0.2) is 0 Å². The van der Waals surface area contributed by atoms with Gasteiger partial charge in [0.2, 0.25) is 0 Å². The van der Waals surface area contributed by atoms with Crippen LogP contribution in [0.3, 0.4) is 0 Å². The monoisotopic (exact) mass is 454 g/mol. The lowest BCUT2D eigenvalue weighted by molar-refractivity contribution is -0.118. The fraction of sp³-hybridized carbons (Fsp3) is 0.174. The molecule has 0 heterocycles. The van der Waals surface area contributed by atoms with Crippen molar-refractivity contribution < 1.29 is 14.3 Å². The summed E-state index contributed by atoms with van der Waals surface area (Å²) >= 11 is 3.37. The van der Waals surface area contributed by atoms with E-state index in [4.69, 9.17) is 9.47 Å². The van der Waals surface area contributed by atoms with E-state index in [0.29, 0.717) is 12.3 Å². The Morgan fingerprint density at radius 3 is 2.38 bits per heavy atom. The molecule has 0 atom stereocenters. The molecular weight excluding hydrogens is 432 g/mol. The summed E-state index contributed by atoms with van der Waals surface area (Å²) in [6, 6.07) is 23.1. The fourth-order valence-electron chi connectivity index (χ4n) is 2.75. The Morgan fingerprint density at radius 1 is 0.931 bits per heavy atom. The summed E-state index contributed by atoms with van der Waals surface area (Å²) < 4.78 is 11.9. The van der Waals surface area contributed by atoms with Gasteiger partial charge >= 0.3 is 0 Å². The van der Waals surface area contributed by atoms with Crippen LogP contribution in [0.2, 0.25) is 0 Å². The van der Waals surface area contributed by atoms with Crippen molar-refractivity contribution in [2.24, 2.45) is 0 Å². The molecule has 3 rings (SSSR count). The lowest BCUT2D eigenvalue weighted by atomic mass is 10.2. The minimum Gasteiger partial charge on any atom is -0.497 e. The molecule has 0 saturated carbocycles. The minimum absolute atomic E-state index is 0.0500. The van der Waals surface area contributed by atoms with Gasteiger partial charge in [-0.05, 0) is 48.0 Å². The van der Waals surface area contributed by atoms with Crippen LogP contribution in [0.1, 0.15) is 11.1 Å². The summed E-state index contributed by atoms with van der Waals surface area (Å²) in [5.74, 6) is 1.34. The van der Waals surface area contributed by atoms with E-state index in [-0.39, 0.29) is 12.5 Å². The molecule has 5 nitrogen and oxygen atoms in total. The van der Waals surface area contributed by atoms with Crippen molar-refractivity contribution in [3.8, 4) is 11.5 Å². The van der Waals surface area contributed by atoms with E-state index in [1.807, 2.05) is 72.8 Å². The zero-order chi connectivity index (χ0) is 20.5. The second kappa shape index (κ2) is 10.6. The first-order valence-corrected chi connectivity index (χ1v) is 10.0. The molecule has 0 aromatic heterocycles. The van der Waals surface area contributed by atoms with E-state index in [2.05, 4.69) is 26.6 Å². The Labute approximate surface area is 179 Å². The third-order valence-electron chi connectivity index (χ3n) is 4.26. The highest BCUT2D eigenvalue weighted by Crippen LogP contribution is 2.19. The van der Waals surface area contributed by atoms with Gasteiger partial charge < -0.3 is 20.1 Å². The molecule has 2 N–H and O–H groups in total. The van der Waals surface area contributed by atoms with Gasteiger partial charge in [0, 0.05) is 28.8 Å². The Balaban J connectivity index is 1.50. The number of halogens is 1. The molecule has 0 aliphatic heterocycles. The number of carbonyl (C=O) groups excluding carboxylic acids is 1. The van der Waals surface area contributed by atoms with Gasteiger partial charge in [-0.2, -0.15) is 0 Å². The van der Waals surface area contributed by atoms with Crippen LogP contribution in [-0.2, 0) is 17.9 Å². The number of methoxy groups -OCH3 is 1. The minimum atomic E-state index is -0.201. The molecule has 0 aliphatic rings. The number of nitrogens with one attached hydrogen (secondary N) is 2. The van der Waals surface area contributed by atoms with Crippen LogP contribution in [0, 0.1) is 0 Å². The maximum absolute atomic E-state index is 12.2. The molecule has 29 heavy (non-hydrogen) atoms. The van der Waals surface area contributed by atoms with Gasteiger partial charge in [0.15, 0.2) is 6.61 Å². The summed E-state index contributed by atoms with van der Waals surface area (Å²) in [6.45, 7) is 1.31. The molecular formula is C23H23BrN2O3. The number of hydrogen-bond acceptors (Lipinski definition) is 4. The molecule has 0 radical (unpaired) electrons. The average Bonchev–Trinajstić information content (AvgIpc) is 2.75. The second-order valence-electron chi connectivity index (χ2n) is 6.40. The number of anilines is 1. The molecule has 0 aliphatic carbocycles. The second-order valence-corrected chi connectivity index (χ2v) is 7.32. The quantitative estimate of drug-likeness (QED) is 0.488. The predicted octanol–water partition coefficient (Wildman–Crippen LogP) is 4.77. The first-order valence-electron chi connectivity index (χ1n) is 9.24. The lowest BCUT2D eigenvalue weighted by Gasteiger charge is -2.12. The van der Waals surface area contributed by atoms with Gasteiger partial charge in [-0.1, -0.05) is 46.3 Å². The number of para-hydroxylation sites is 1. The highest BCUT2D eigenvalue weighted by atomic mass is 79.9. The van der Waals surface area contributed by atoms with Crippen LogP contribution >= 0.6 is 15.9 Å². The topological polar surface area (TPSA) is 59.6 Å². The van der Waals surface area contributed by atoms with Crippen LogP contribution in [0.15, 0.2) is 77.3 Å². The highest BCUT2D eigenvalue weighted by Gasteiger charge is 2.07. The third-order valence-corrected chi connectivity index (χ3v) is 4.79. The van der Waals surface area contributed by atoms with Crippen LogP contribution < -0.4 is 20.1 Å². The van der Waals surface area contributed by atoms with E-state index in [1.54, 1.807) is 7.11 Å². The zero-order valence-corrected chi connectivity index (χ0v) is 17.7. The Kier molecular flexibility index (Phi) is 7.67. The van der Waals surface area contributed by atoms with Crippen molar-refractivity contribution in [2.75, 3.05) is 19.0 Å². The van der Waals surface area contributed by atoms with E-state index in [1.165, 1.54) is 0 Å². The van der Waals surface area contributed by atoms with Crippen LogP contribution in [0.5, 0.6) is 11.5 Å². The summed E-state index contributed by atoms with van der Waals surface area (Å²) in [5.41, 5.74) is 2.90. The SMILES string of the molecule is COc1ccc(CNCc2ccccc2OCC(=O)Nc2ccc(Br)cc2)cc1. The standard InChI is InChI=1S/C23H23BrN2O3/c1-28-21-12-6-17(7-13-21)14-25-15-18-4-2-3-5-22(18)29-16-23(27)26-20-10-8-19(24)9-11-20/h2-13,25H,14-16H2,1H3,(H,26,27). The number of hydrogen-bond donors (Lipinski definition) is 2. The van der Waals surface area contributed by atoms with Crippen LogP contribution in [0.25, 0.3) is 0 Å². The molecule has 3 aromatic carbocycles. The smallest absolute Gasteiger partial charge is 0.262 e. The molecule has 0 fully saturated rings. The van der Waals surface area contributed by atoms with Gasteiger partial charge in [0.1, 0.15) is 11.5 Å². The van der Waals surface area contributed by atoms with Crippen molar-refractivity contribution in [3.63, 3.8) is 0 Å². The molecule has 0 saturated heterocycles. The summed E-state index contributed by atoms with van der Waals surface area (Å²) in [4.78, 5) is 12.2. The highest BCUT2D eigenvalue weighted by molar-refractivity contribution is 9.10. The van der Waals surface area contributed by atoms with Crippen molar-refractivity contribution >= 4 is 27.5 Å².